The van der Waals surface area contributed by atoms with Crippen molar-refractivity contribution >= 4 is 28.3 Å². The van der Waals surface area contributed by atoms with E-state index < -0.39 is 0 Å². The van der Waals surface area contributed by atoms with E-state index in [1.807, 2.05) is 6.07 Å². The lowest BCUT2D eigenvalue weighted by Crippen LogP contribution is -2.47. The van der Waals surface area contributed by atoms with Crippen LogP contribution in [0.2, 0.25) is 0 Å². The molecule has 0 aliphatic carbocycles. The van der Waals surface area contributed by atoms with Crippen LogP contribution in [0.4, 0.5) is 0 Å². The molecule has 2 aromatic heterocycles. The molecule has 3 heterocycles. The third kappa shape index (κ3) is 3.57. The number of benzene rings is 1. The van der Waals surface area contributed by atoms with Gasteiger partial charge in [0, 0.05) is 44.6 Å². The van der Waals surface area contributed by atoms with Crippen molar-refractivity contribution in [3.05, 3.63) is 52.7 Å². The number of hydroxylamine groups is 2. The lowest BCUT2D eigenvalue weighted by molar-refractivity contribution is -0.133. The second-order valence-electron chi connectivity index (χ2n) is 6.19. The number of hydrogen-bond donors (Lipinski definition) is 0. The van der Waals surface area contributed by atoms with Crippen molar-refractivity contribution in [2.75, 3.05) is 26.2 Å². The van der Waals surface area contributed by atoms with Crippen LogP contribution >= 0.6 is 11.3 Å². The summed E-state index contributed by atoms with van der Waals surface area (Å²) in [6, 6.07) is 6.49. The summed E-state index contributed by atoms with van der Waals surface area (Å²) in [5.74, 6) is -0.331. The summed E-state index contributed by atoms with van der Waals surface area (Å²) in [6.07, 6.45) is 4.96. The molecule has 0 spiro atoms. The van der Waals surface area contributed by atoms with Crippen LogP contribution in [0.3, 0.4) is 0 Å². The second-order valence-corrected chi connectivity index (χ2v) is 7.08. The fourth-order valence-corrected chi connectivity index (χ4v) is 3.60. The quantitative estimate of drug-likeness (QED) is 0.700. The fraction of sp³-hybridized carbons (Fsp3) is 0.333. The number of fused-ring (bicyclic) bond motifs is 1. The number of nitrogens with zero attached hydrogens (tertiary/aromatic N) is 5. The molecule has 0 bridgehead atoms. The van der Waals surface area contributed by atoms with Crippen LogP contribution in [0.25, 0.3) is 11.0 Å². The van der Waals surface area contributed by atoms with Gasteiger partial charge in [-0.3, -0.25) is 19.9 Å². The Hall–Kier alpha value is -2.42. The highest BCUT2D eigenvalue weighted by Crippen LogP contribution is 2.24. The molecule has 3 aromatic rings. The predicted octanol–water partition coefficient (Wildman–Crippen LogP) is 2.54. The molecule has 7 nitrogen and oxygen atoms in total. The summed E-state index contributed by atoms with van der Waals surface area (Å²) < 4.78 is 0. The molecule has 1 aliphatic rings. The van der Waals surface area contributed by atoms with Crippen LogP contribution < -0.4 is 0 Å². The molecule has 8 heteroatoms. The maximum absolute atomic E-state index is 12.0. The average Bonchev–Trinajstić information content (AvgIpc) is 3.23. The molecule has 26 heavy (non-hydrogen) atoms. The molecule has 1 unspecified atom stereocenters. The standard InChI is InChI=1S/C18H19N5O2S/c1-13(14-2-3-15-16(10-14)21-5-4-20-15)22-6-8-23(9-7-22)25-18(24)17-11-19-12-26-17/h2-5,10-13H,6-9H2,1H3. The fourth-order valence-electron chi connectivity index (χ4n) is 3.11. The average molecular weight is 369 g/mol. The van der Waals surface area contributed by atoms with E-state index in [1.54, 1.807) is 23.0 Å². The second kappa shape index (κ2) is 7.45. The Morgan fingerprint density at radius 1 is 1.15 bits per heavy atom. The predicted molar refractivity (Wildman–Crippen MR) is 98.6 cm³/mol. The van der Waals surface area contributed by atoms with Crippen molar-refractivity contribution in [2.45, 2.75) is 13.0 Å². The van der Waals surface area contributed by atoms with Crippen molar-refractivity contribution in [2.24, 2.45) is 0 Å². The van der Waals surface area contributed by atoms with Gasteiger partial charge in [-0.15, -0.1) is 16.4 Å². The maximum atomic E-state index is 12.0. The van der Waals surface area contributed by atoms with Crippen LogP contribution in [-0.4, -0.2) is 57.1 Å². The Kier molecular flexibility index (Phi) is 4.87. The van der Waals surface area contributed by atoms with E-state index in [0.717, 1.165) is 24.1 Å². The van der Waals surface area contributed by atoms with Gasteiger partial charge in [0.1, 0.15) is 4.88 Å². The smallest absolute Gasteiger partial charge is 0.363 e. The van der Waals surface area contributed by atoms with Gasteiger partial charge in [0.15, 0.2) is 0 Å². The summed E-state index contributed by atoms with van der Waals surface area (Å²) in [6.45, 7) is 5.21. The molecule has 1 aliphatic heterocycles. The number of piperazine rings is 1. The minimum Gasteiger partial charge on any atom is -0.363 e. The highest BCUT2D eigenvalue weighted by Gasteiger charge is 2.25. The number of aromatic nitrogens is 3. The van der Waals surface area contributed by atoms with Gasteiger partial charge in [-0.1, -0.05) is 6.07 Å². The van der Waals surface area contributed by atoms with Crippen LogP contribution in [0.1, 0.15) is 28.2 Å². The lowest BCUT2D eigenvalue weighted by atomic mass is 10.1. The number of rotatable bonds is 4. The molecular weight excluding hydrogens is 350 g/mol. The molecule has 0 radical (unpaired) electrons. The minimum absolute atomic E-state index is 0.265. The first-order valence-electron chi connectivity index (χ1n) is 8.51. The van der Waals surface area contributed by atoms with E-state index in [9.17, 15) is 4.79 Å². The van der Waals surface area contributed by atoms with Crippen molar-refractivity contribution in [1.29, 1.82) is 0 Å². The van der Waals surface area contributed by atoms with E-state index in [4.69, 9.17) is 4.84 Å². The summed E-state index contributed by atoms with van der Waals surface area (Å²) in [7, 11) is 0. The Labute approximate surface area is 155 Å². The van der Waals surface area contributed by atoms with Crippen molar-refractivity contribution < 1.29 is 9.63 Å². The normalized spacial score (nSPS) is 17.3. The third-order valence-corrected chi connectivity index (χ3v) is 5.40. The maximum Gasteiger partial charge on any atom is 0.368 e. The number of carbonyl (C=O) groups excluding carboxylic acids is 1. The molecule has 4 rings (SSSR count). The van der Waals surface area contributed by atoms with Crippen LogP contribution in [0.15, 0.2) is 42.3 Å². The van der Waals surface area contributed by atoms with Gasteiger partial charge in [-0.2, -0.15) is 0 Å². The molecule has 0 N–H and O–H groups in total. The Balaban J connectivity index is 1.36. The first-order chi connectivity index (χ1) is 12.7. The molecule has 0 saturated carbocycles. The van der Waals surface area contributed by atoms with E-state index in [2.05, 4.69) is 38.9 Å². The SMILES string of the molecule is CC(c1ccc2nccnc2c1)N1CCN(OC(=O)c2cncs2)CC1. The van der Waals surface area contributed by atoms with Crippen LogP contribution in [0.5, 0.6) is 0 Å². The molecular formula is C18H19N5O2S. The zero-order chi connectivity index (χ0) is 17.9. The minimum atomic E-state index is -0.331. The van der Waals surface area contributed by atoms with E-state index >= 15 is 0 Å². The molecule has 1 atom stereocenters. The topological polar surface area (TPSA) is 71.5 Å². The van der Waals surface area contributed by atoms with Gasteiger partial charge in [-0.05, 0) is 24.6 Å². The van der Waals surface area contributed by atoms with Crippen molar-refractivity contribution in [3.8, 4) is 0 Å². The first kappa shape index (κ1) is 17.0. The van der Waals surface area contributed by atoms with Gasteiger partial charge in [-0.25, -0.2) is 4.79 Å². The van der Waals surface area contributed by atoms with Crippen molar-refractivity contribution in [3.63, 3.8) is 0 Å². The Morgan fingerprint density at radius 2 is 1.92 bits per heavy atom. The highest BCUT2D eigenvalue weighted by atomic mass is 32.1. The number of carbonyl (C=O) groups is 1. The highest BCUT2D eigenvalue weighted by molar-refractivity contribution is 7.11. The Bertz CT molecular complexity index is 893. The molecule has 1 aromatic carbocycles. The summed E-state index contributed by atoms with van der Waals surface area (Å²) in [4.78, 5) is 33.0. The van der Waals surface area contributed by atoms with E-state index in [1.165, 1.54) is 23.1 Å². The number of hydrogen-bond acceptors (Lipinski definition) is 8. The van der Waals surface area contributed by atoms with Crippen molar-refractivity contribution in [1.82, 2.24) is 24.9 Å². The summed E-state index contributed by atoms with van der Waals surface area (Å²) >= 11 is 1.29. The van der Waals surface area contributed by atoms with E-state index in [-0.39, 0.29) is 12.0 Å². The van der Waals surface area contributed by atoms with Crippen LogP contribution in [0, 0.1) is 0 Å². The third-order valence-electron chi connectivity index (χ3n) is 4.64. The van der Waals surface area contributed by atoms with Gasteiger partial charge < -0.3 is 4.84 Å². The zero-order valence-corrected chi connectivity index (χ0v) is 15.2. The number of thiazole rings is 1. The summed E-state index contributed by atoms with van der Waals surface area (Å²) in [5, 5.41) is 1.73. The Morgan fingerprint density at radius 3 is 2.65 bits per heavy atom. The summed E-state index contributed by atoms with van der Waals surface area (Å²) in [5.41, 5.74) is 4.66. The largest absolute Gasteiger partial charge is 0.368 e. The van der Waals surface area contributed by atoms with Gasteiger partial charge in [0.2, 0.25) is 0 Å². The monoisotopic (exact) mass is 369 g/mol. The first-order valence-corrected chi connectivity index (χ1v) is 9.39. The van der Waals surface area contributed by atoms with Gasteiger partial charge in [0.05, 0.1) is 22.7 Å². The lowest BCUT2D eigenvalue weighted by Gasteiger charge is -2.37. The zero-order valence-electron chi connectivity index (χ0n) is 14.4. The van der Waals surface area contributed by atoms with E-state index in [0.29, 0.717) is 18.0 Å². The molecule has 134 valence electrons. The van der Waals surface area contributed by atoms with Gasteiger partial charge >= 0.3 is 5.97 Å². The molecule has 0 amide bonds. The molecule has 1 saturated heterocycles. The molecule has 1 fully saturated rings. The van der Waals surface area contributed by atoms with Gasteiger partial charge in [0.25, 0.3) is 0 Å². The van der Waals surface area contributed by atoms with Crippen LogP contribution in [-0.2, 0) is 4.84 Å².